The summed E-state index contributed by atoms with van der Waals surface area (Å²) in [6.07, 6.45) is -0.257. The van der Waals surface area contributed by atoms with Crippen LogP contribution < -0.4 is 11.1 Å². The first-order valence-electron chi connectivity index (χ1n) is 6.39. The number of amides is 1. The number of non-ortho nitro benzene ring substituents is 1. The molecule has 0 spiro atoms. The van der Waals surface area contributed by atoms with Gasteiger partial charge < -0.3 is 15.8 Å². The largest absolute Gasteiger partial charge is 0.449 e. The molecule has 0 saturated carbocycles. The van der Waals surface area contributed by atoms with Crippen molar-refractivity contribution in [2.24, 2.45) is 0 Å². The summed E-state index contributed by atoms with van der Waals surface area (Å²) in [6, 6.07) is 3.45. The molecule has 1 aromatic rings. The molecule has 0 aliphatic heterocycles. The van der Waals surface area contributed by atoms with E-state index in [1.54, 1.807) is 0 Å². The highest BCUT2D eigenvalue weighted by molar-refractivity contribution is 5.97. The Morgan fingerprint density at radius 1 is 1.48 bits per heavy atom. The molecule has 8 heteroatoms. The number of nitro benzene ring substituents is 1. The fraction of sp³-hybridized carbons (Fsp3) is 0.385. The van der Waals surface area contributed by atoms with Crippen molar-refractivity contribution in [3.05, 3.63) is 33.9 Å². The molecule has 1 atom stereocenters. The molecular formula is C13H17N3O5. The summed E-state index contributed by atoms with van der Waals surface area (Å²) in [7, 11) is 0. The maximum atomic E-state index is 11.9. The van der Waals surface area contributed by atoms with E-state index < -0.39 is 22.9 Å². The van der Waals surface area contributed by atoms with Crippen molar-refractivity contribution in [1.82, 2.24) is 5.32 Å². The lowest BCUT2D eigenvalue weighted by molar-refractivity contribution is -0.384. The number of nitrogens with zero attached hydrogens (tertiary/aromatic N) is 1. The molecule has 0 unspecified atom stereocenters. The van der Waals surface area contributed by atoms with Crippen LogP contribution in [0.1, 0.15) is 30.6 Å². The number of carbonyl (C=O) groups excluding carboxylic acids is 2. The number of nitrogen functional groups attached to an aromatic ring is 1. The Kier molecular flexibility index (Phi) is 5.65. The van der Waals surface area contributed by atoms with E-state index in [0.29, 0.717) is 6.54 Å². The number of nitrogens with one attached hydrogen (secondary N) is 1. The molecule has 3 N–H and O–H groups in total. The van der Waals surface area contributed by atoms with Gasteiger partial charge in [0.15, 0.2) is 6.10 Å². The number of nitrogens with two attached hydrogens (primary N) is 1. The number of anilines is 1. The summed E-state index contributed by atoms with van der Waals surface area (Å²) in [5.74, 6) is -1.32. The first-order chi connectivity index (χ1) is 9.86. The summed E-state index contributed by atoms with van der Waals surface area (Å²) in [5, 5.41) is 13.3. The zero-order valence-corrected chi connectivity index (χ0v) is 11.8. The molecule has 0 aliphatic rings. The Bertz CT molecular complexity index is 559. The third-order valence-electron chi connectivity index (χ3n) is 2.67. The van der Waals surface area contributed by atoms with Crippen molar-refractivity contribution in [3.63, 3.8) is 0 Å². The normalized spacial score (nSPS) is 11.5. The molecule has 0 fully saturated rings. The molecule has 0 heterocycles. The topological polar surface area (TPSA) is 125 Å². The number of benzene rings is 1. The van der Waals surface area contributed by atoms with Gasteiger partial charge in [0.25, 0.3) is 11.6 Å². The van der Waals surface area contributed by atoms with Crippen molar-refractivity contribution in [2.75, 3.05) is 12.3 Å². The van der Waals surface area contributed by atoms with Crippen LogP contribution in [-0.2, 0) is 9.53 Å². The number of ether oxygens (including phenoxy) is 1. The fourth-order valence-electron chi connectivity index (χ4n) is 1.50. The highest BCUT2D eigenvalue weighted by Crippen LogP contribution is 2.20. The Hall–Kier alpha value is -2.64. The number of hydrogen-bond acceptors (Lipinski definition) is 6. The lowest BCUT2D eigenvalue weighted by Crippen LogP contribution is -2.36. The summed E-state index contributed by atoms with van der Waals surface area (Å²) < 4.78 is 4.96. The number of esters is 1. The van der Waals surface area contributed by atoms with Gasteiger partial charge in [-0.2, -0.15) is 0 Å². The van der Waals surface area contributed by atoms with Gasteiger partial charge in [-0.25, -0.2) is 4.79 Å². The predicted molar refractivity (Wildman–Crippen MR) is 75.7 cm³/mol. The quantitative estimate of drug-likeness (QED) is 0.352. The van der Waals surface area contributed by atoms with Crippen LogP contribution in [0.2, 0.25) is 0 Å². The van der Waals surface area contributed by atoms with Crippen molar-refractivity contribution < 1.29 is 19.2 Å². The Morgan fingerprint density at radius 3 is 2.71 bits per heavy atom. The molecule has 0 aliphatic carbocycles. The van der Waals surface area contributed by atoms with E-state index >= 15 is 0 Å². The van der Waals surface area contributed by atoms with Crippen LogP contribution >= 0.6 is 0 Å². The molecule has 1 amide bonds. The van der Waals surface area contributed by atoms with Crippen molar-refractivity contribution in [1.29, 1.82) is 0 Å². The maximum absolute atomic E-state index is 11.9. The van der Waals surface area contributed by atoms with E-state index in [-0.39, 0.29) is 16.9 Å². The van der Waals surface area contributed by atoms with Crippen molar-refractivity contribution in [3.8, 4) is 0 Å². The monoisotopic (exact) mass is 295 g/mol. The van der Waals surface area contributed by atoms with Gasteiger partial charge in [-0.15, -0.1) is 0 Å². The van der Waals surface area contributed by atoms with Gasteiger partial charge in [0.05, 0.1) is 10.5 Å². The van der Waals surface area contributed by atoms with E-state index in [0.717, 1.165) is 12.5 Å². The van der Waals surface area contributed by atoms with Gasteiger partial charge >= 0.3 is 5.97 Å². The van der Waals surface area contributed by atoms with Gasteiger partial charge in [0.2, 0.25) is 0 Å². The van der Waals surface area contributed by atoms with Crippen LogP contribution in [0.15, 0.2) is 18.2 Å². The second-order valence-electron chi connectivity index (χ2n) is 4.37. The second kappa shape index (κ2) is 7.22. The van der Waals surface area contributed by atoms with Gasteiger partial charge in [-0.1, -0.05) is 6.92 Å². The van der Waals surface area contributed by atoms with Crippen molar-refractivity contribution in [2.45, 2.75) is 26.4 Å². The van der Waals surface area contributed by atoms with E-state index in [2.05, 4.69) is 5.32 Å². The Labute approximate surface area is 121 Å². The maximum Gasteiger partial charge on any atom is 0.341 e. The zero-order chi connectivity index (χ0) is 16.0. The highest BCUT2D eigenvalue weighted by Gasteiger charge is 2.21. The predicted octanol–water partition coefficient (Wildman–Crippen LogP) is 1.25. The van der Waals surface area contributed by atoms with Crippen LogP contribution in [0.5, 0.6) is 0 Å². The number of rotatable bonds is 6. The molecule has 8 nitrogen and oxygen atoms in total. The van der Waals surface area contributed by atoms with Gasteiger partial charge in [-0.3, -0.25) is 14.9 Å². The first-order valence-corrected chi connectivity index (χ1v) is 6.39. The molecule has 1 aromatic carbocycles. The number of hydrogen-bond donors (Lipinski definition) is 2. The van der Waals surface area contributed by atoms with Gasteiger partial charge in [0.1, 0.15) is 0 Å². The zero-order valence-electron chi connectivity index (χ0n) is 11.8. The molecule has 0 bridgehead atoms. The average Bonchev–Trinajstić information content (AvgIpc) is 2.44. The lowest BCUT2D eigenvalue weighted by atomic mass is 10.1. The van der Waals surface area contributed by atoms with Crippen molar-refractivity contribution >= 4 is 23.3 Å². The van der Waals surface area contributed by atoms with Gasteiger partial charge in [0, 0.05) is 24.4 Å². The smallest absolute Gasteiger partial charge is 0.341 e. The van der Waals surface area contributed by atoms with Gasteiger partial charge in [-0.05, 0) is 19.4 Å². The van der Waals surface area contributed by atoms with Crippen LogP contribution in [0.3, 0.4) is 0 Å². The summed E-state index contributed by atoms with van der Waals surface area (Å²) in [4.78, 5) is 33.6. The number of nitro groups is 1. The van der Waals surface area contributed by atoms with E-state index in [1.807, 2.05) is 6.92 Å². The van der Waals surface area contributed by atoms with Crippen LogP contribution in [0.4, 0.5) is 11.4 Å². The third-order valence-corrected chi connectivity index (χ3v) is 2.67. The third kappa shape index (κ3) is 4.44. The van der Waals surface area contributed by atoms with Crippen LogP contribution in [-0.4, -0.2) is 29.4 Å². The van der Waals surface area contributed by atoms with Crippen LogP contribution in [0, 0.1) is 10.1 Å². The summed E-state index contributed by atoms with van der Waals surface area (Å²) in [6.45, 7) is 3.77. The van der Waals surface area contributed by atoms with E-state index in [1.165, 1.54) is 19.1 Å². The minimum absolute atomic E-state index is 0.0479. The van der Waals surface area contributed by atoms with Crippen LogP contribution in [0.25, 0.3) is 0 Å². The molecule has 0 aromatic heterocycles. The Balaban J connectivity index is 2.82. The average molecular weight is 295 g/mol. The minimum Gasteiger partial charge on any atom is -0.449 e. The number of carbonyl (C=O) groups is 2. The molecule has 114 valence electrons. The lowest BCUT2D eigenvalue weighted by Gasteiger charge is -2.13. The summed E-state index contributed by atoms with van der Waals surface area (Å²) in [5.41, 5.74) is 5.23. The SMILES string of the molecule is CCCNC(=O)[C@@H](C)OC(=O)c1cc([N+](=O)[O-])ccc1N. The molecular weight excluding hydrogens is 278 g/mol. The highest BCUT2D eigenvalue weighted by atomic mass is 16.6. The molecule has 1 rings (SSSR count). The molecule has 21 heavy (non-hydrogen) atoms. The van der Waals surface area contributed by atoms with E-state index in [4.69, 9.17) is 10.5 Å². The minimum atomic E-state index is -1.01. The molecule has 0 radical (unpaired) electrons. The Morgan fingerprint density at radius 2 is 2.14 bits per heavy atom. The molecule has 0 saturated heterocycles. The first kappa shape index (κ1) is 16.4. The second-order valence-corrected chi connectivity index (χ2v) is 4.37. The standard InChI is InChI=1S/C13H17N3O5/c1-3-6-15-12(17)8(2)21-13(18)10-7-9(16(19)20)4-5-11(10)14/h4-5,7-8H,3,6,14H2,1-2H3,(H,15,17)/t8-/m1/s1. The van der Waals surface area contributed by atoms with E-state index in [9.17, 15) is 19.7 Å². The summed E-state index contributed by atoms with van der Waals surface area (Å²) >= 11 is 0. The fourth-order valence-corrected chi connectivity index (χ4v) is 1.50.